The Morgan fingerprint density at radius 2 is 1.77 bits per heavy atom. The van der Waals surface area contributed by atoms with Gasteiger partial charge in [0, 0.05) is 11.6 Å². The molecule has 0 radical (unpaired) electrons. The van der Waals surface area contributed by atoms with Gasteiger partial charge in [0.15, 0.2) is 0 Å². The molecule has 1 heterocycles. The van der Waals surface area contributed by atoms with Gasteiger partial charge in [-0.1, -0.05) is 42.8 Å². The summed E-state index contributed by atoms with van der Waals surface area (Å²) in [6.07, 6.45) is 0.783. The average Bonchev–Trinajstić information content (AvgIpc) is 2.48. The Labute approximate surface area is 131 Å². The maximum Gasteiger partial charge on any atom is 0.283 e. The molecule has 2 aromatic rings. The second-order valence-corrected chi connectivity index (χ2v) is 7.26. The highest BCUT2D eigenvalue weighted by atomic mass is 32.2. The van der Waals surface area contributed by atoms with E-state index in [1.807, 2.05) is 38.1 Å². The molecule has 0 bridgehead atoms. The normalized spacial score (nSPS) is 19.5. The number of para-hydroxylation sites is 1. The molecule has 4 nitrogen and oxygen atoms in total. The summed E-state index contributed by atoms with van der Waals surface area (Å²) in [7, 11) is -3.69. The van der Waals surface area contributed by atoms with Crippen molar-refractivity contribution in [1.82, 2.24) is 0 Å². The molecule has 1 unspecified atom stereocenters. The number of sulfonamides is 1. The molecular formula is C17H18N2O2S. The minimum atomic E-state index is -3.69. The third-order valence-corrected chi connectivity index (χ3v) is 5.12. The van der Waals surface area contributed by atoms with Crippen molar-refractivity contribution in [3.8, 4) is 0 Å². The van der Waals surface area contributed by atoms with Gasteiger partial charge in [-0.3, -0.25) is 0 Å². The first-order valence-corrected chi connectivity index (χ1v) is 8.66. The maximum atomic E-state index is 12.4. The first kappa shape index (κ1) is 14.8. The molecule has 114 valence electrons. The number of aryl methyl sites for hydroxylation is 1. The van der Waals surface area contributed by atoms with Crippen molar-refractivity contribution in [3.63, 3.8) is 0 Å². The van der Waals surface area contributed by atoms with Crippen molar-refractivity contribution in [3.05, 3.63) is 59.7 Å². The summed E-state index contributed by atoms with van der Waals surface area (Å²) in [6.45, 7) is 3.90. The van der Waals surface area contributed by atoms with Gasteiger partial charge in [0.05, 0.1) is 4.90 Å². The number of fused-ring (bicyclic) bond motifs is 1. The van der Waals surface area contributed by atoms with Crippen LogP contribution in [0, 0.1) is 12.8 Å². The lowest BCUT2D eigenvalue weighted by Gasteiger charge is -2.24. The number of nitrogens with one attached hydrogen (secondary N) is 1. The highest BCUT2D eigenvalue weighted by Gasteiger charge is 2.23. The lowest BCUT2D eigenvalue weighted by Crippen LogP contribution is -2.29. The van der Waals surface area contributed by atoms with Crippen LogP contribution in [0.4, 0.5) is 5.69 Å². The zero-order chi connectivity index (χ0) is 15.7. The Hall–Kier alpha value is -2.14. The van der Waals surface area contributed by atoms with Gasteiger partial charge in [0.25, 0.3) is 10.0 Å². The predicted molar refractivity (Wildman–Crippen MR) is 88.7 cm³/mol. The SMILES string of the molecule is Cc1ccc(S(=O)(=O)N=C2Nc3ccccc3CC2C)cc1. The van der Waals surface area contributed by atoms with Crippen LogP contribution in [0.1, 0.15) is 18.1 Å². The van der Waals surface area contributed by atoms with Crippen molar-refractivity contribution in [2.24, 2.45) is 10.3 Å². The summed E-state index contributed by atoms with van der Waals surface area (Å²) in [6, 6.07) is 14.6. The molecule has 5 heteroatoms. The zero-order valence-electron chi connectivity index (χ0n) is 12.6. The summed E-state index contributed by atoms with van der Waals surface area (Å²) in [5.74, 6) is 0.536. The van der Waals surface area contributed by atoms with E-state index in [0.717, 1.165) is 17.7 Å². The fraction of sp³-hybridized carbons (Fsp3) is 0.235. The number of hydrogen-bond acceptors (Lipinski definition) is 2. The third-order valence-electron chi connectivity index (χ3n) is 3.81. The lowest BCUT2D eigenvalue weighted by molar-refractivity contribution is 0.597. The number of anilines is 1. The molecule has 0 aliphatic carbocycles. The molecule has 1 N–H and O–H groups in total. The van der Waals surface area contributed by atoms with Crippen LogP contribution in [-0.4, -0.2) is 14.3 Å². The van der Waals surface area contributed by atoms with Gasteiger partial charge < -0.3 is 5.32 Å². The molecule has 3 rings (SSSR count). The Morgan fingerprint density at radius 3 is 2.50 bits per heavy atom. The van der Waals surface area contributed by atoms with Crippen LogP contribution in [0.25, 0.3) is 0 Å². The Kier molecular flexibility index (Phi) is 3.74. The van der Waals surface area contributed by atoms with E-state index in [-0.39, 0.29) is 10.8 Å². The van der Waals surface area contributed by atoms with Crippen LogP contribution in [0.2, 0.25) is 0 Å². The van der Waals surface area contributed by atoms with Crippen molar-refractivity contribution in [2.75, 3.05) is 5.32 Å². The second kappa shape index (κ2) is 5.57. The Bertz CT molecular complexity index is 824. The predicted octanol–water partition coefficient (Wildman–Crippen LogP) is 3.39. The molecule has 2 aromatic carbocycles. The molecule has 0 aromatic heterocycles. The van der Waals surface area contributed by atoms with Crippen LogP contribution in [0.15, 0.2) is 57.8 Å². The molecule has 22 heavy (non-hydrogen) atoms. The minimum absolute atomic E-state index is 0.0372. The van der Waals surface area contributed by atoms with Crippen molar-refractivity contribution >= 4 is 21.5 Å². The van der Waals surface area contributed by atoms with E-state index in [9.17, 15) is 8.42 Å². The van der Waals surface area contributed by atoms with Gasteiger partial charge in [-0.05, 0) is 37.1 Å². The summed E-state index contributed by atoms with van der Waals surface area (Å²) in [5, 5.41) is 3.15. The molecule has 0 saturated heterocycles. The molecule has 0 saturated carbocycles. The number of hydrogen-bond donors (Lipinski definition) is 1. The van der Waals surface area contributed by atoms with E-state index in [0.29, 0.717) is 5.84 Å². The van der Waals surface area contributed by atoms with Crippen LogP contribution < -0.4 is 5.32 Å². The smallest absolute Gasteiger partial charge is 0.283 e. The van der Waals surface area contributed by atoms with Crippen molar-refractivity contribution in [1.29, 1.82) is 0 Å². The monoisotopic (exact) mass is 314 g/mol. The summed E-state index contributed by atoms with van der Waals surface area (Å²) < 4.78 is 28.9. The standard InChI is InChI=1S/C17H18N2O2S/c1-12-7-9-15(10-8-12)22(20,21)19-17-13(2)11-14-5-3-4-6-16(14)18-17/h3-10,13H,11H2,1-2H3,(H,18,19). The third kappa shape index (κ3) is 2.90. The fourth-order valence-electron chi connectivity index (χ4n) is 2.51. The average molecular weight is 314 g/mol. The van der Waals surface area contributed by atoms with E-state index in [4.69, 9.17) is 0 Å². The number of benzene rings is 2. The Morgan fingerprint density at radius 1 is 1.09 bits per heavy atom. The van der Waals surface area contributed by atoms with E-state index in [1.165, 1.54) is 5.56 Å². The highest BCUT2D eigenvalue weighted by Crippen LogP contribution is 2.26. The highest BCUT2D eigenvalue weighted by molar-refractivity contribution is 7.90. The van der Waals surface area contributed by atoms with E-state index in [2.05, 4.69) is 9.71 Å². The maximum absolute atomic E-state index is 12.4. The molecule has 1 aliphatic rings. The van der Waals surface area contributed by atoms with Crippen LogP contribution >= 0.6 is 0 Å². The van der Waals surface area contributed by atoms with Crippen molar-refractivity contribution in [2.45, 2.75) is 25.2 Å². The first-order valence-electron chi connectivity index (χ1n) is 7.22. The number of nitrogens with zero attached hydrogens (tertiary/aromatic N) is 1. The van der Waals surface area contributed by atoms with E-state index in [1.54, 1.807) is 24.3 Å². The number of amidine groups is 1. The quantitative estimate of drug-likeness (QED) is 0.924. The zero-order valence-corrected chi connectivity index (χ0v) is 13.4. The van der Waals surface area contributed by atoms with E-state index < -0.39 is 10.0 Å². The Balaban J connectivity index is 1.96. The van der Waals surface area contributed by atoms with Gasteiger partial charge in [-0.25, -0.2) is 0 Å². The molecular weight excluding hydrogens is 296 g/mol. The topological polar surface area (TPSA) is 58.5 Å². The van der Waals surface area contributed by atoms with Gasteiger partial charge in [-0.15, -0.1) is 4.40 Å². The van der Waals surface area contributed by atoms with Crippen LogP contribution in [0.5, 0.6) is 0 Å². The lowest BCUT2D eigenvalue weighted by atomic mass is 9.94. The van der Waals surface area contributed by atoms with Gasteiger partial charge in [0.2, 0.25) is 0 Å². The first-order chi connectivity index (χ1) is 10.5. The van der Waals surface area contributed by atoms with Gasteiger partial charge in [0.1, 0.15) is 5.84 Å². The summed E-state index contributed by atoms with van der Waals surface area (Å²) >= 11 is 0. The minimum Gasteiger partial charge on any atom is -0.343 e. The van der Waals surface area contributed by atoms with Crippen LogP contribution in [-0.2, 0) is 16.4 Å². The molecule has 1 aliphatic heterocycles. The largest absolute Gasteiger partial charge is 0.343 e. The van der Waals surface area contributed by atoms with Gasteiger partial charge >= 0.3 is 0 Å². The van der Waals surface area contributed by atoms with E-state index >= 15 is 0 Å². The molecule has 0 amide bonds. The molecule has 1 atom stereocenters. The van der Waals surface area contributed by atoms with Crippen molar-refractivity contribution < 1.29 is 8.42 Å². The van der Waals surface area contributed by atoms with Crippen LogP contribution in [0.3, 0.4) is 0 Å². The van der Waals surface area contributed by atoms with Gasteiger partial charge in [-0.2, -0.15) is 8.42 Å². The second-order valence-electron chi connectivity index (χ2n) is 5.65. The molecule has 0 fully saturated rings. The summed E-state index contributed by atoms with van der Waals surface area (Å²) in [4.78, 5) is 0.221. The molecule has 0 spiro atoms. The summed E-state index contributed by atoms with van der Waals surface area (Å²) in [5.41, 5.74) is 3.13. The fourth-order valence-corrected chi connectivity index (χ4v) is 3.58. The number of rotatable bonds is 2.